The van der Waals surface area contributed by atoms with Gasteiger partial charge in [0.25, 0.3) is 0 Å². The first kappa shape index (κ1) is 25.1. The van der Waals surface area contributed by atoms with Gasteiger partial charge in [-0.25, -0.2) is 13.2 Å². The van der Waals surface area contributed by atoms with Crippen LogP contribution in [-0.2, 0) is 4.79 Å². The molecule has 0 aromatic heterocycles. The predicted octanol–water partition coefficient (Wildman–Crippen LogP) is 5.58. The summed E-state index contributed by atoms with van der Waals surface area (Å²) in [6, 6.07) is 10.8. The lowest BCUT2D eigenvalue weighted by Gasteiger charge is -2.46. The number of rotatable bonds is 4. The van der Waals surface area contributed by atoms with Crippen LogP contribution in [-0.4, -0.2) is 60.0 Å². The standard InChI is InChI=1S/C29H36F3N3O/c1-19-15-34(16-20(2)35(19)24-11-8-21(30)9-12-24)29(36)27-18-33(23-6-4-3-5-7-23)17-26(27)25-13-10-22(31)14-28(25)32/h8-14,19-20,23,26-27H,3-7,15-18H2,1-2H3/t19-,20+,26-,27+/m0/s1. The fourth-order valence-corrected chi connectivity index (χ4v) is 6.81. The fraction of sp³-hybridized carbons (Fsp3) is 0.552. The molecule has 0 N–H and O–H groups in total. The van der Waals surface area contributed by atoms with E-state index in [0.29, 0.717) is 37.8 Å². The summed E-state index contributed by atoms with van der Waals surface area (Å²) in [6.45, 7) is 6.52. The third kappa shape index (κ3) is 4.99. The Morgan fingerprint density at radius 2 is 1.44 bits per heavy atom. The summed E-state index contributed by atoms with van der Waals surface area (Å²) in [6.07, 6.45) is 5.86. The first-order valence-corrected chi connectivity index (χ1v) is 13.3. The van der Waals surface area contributed by atoms with Gasteiger partial charge in [0.05, 0.1) is 5.92 Å². The number of halogens is 3. The molecule has 1 aliphatic carbocycles. The van der Waals surface area contributed by atoms with E-state index in [-0.39, 0.29) is 35.6 Å². The molecule has 0 radical (unpaired) electrons. The molecule has 1 amide bonds. The van der Waals surface area contributed by atoms with Crippen molar-refractivity contribution in [3.05, 3.63) is 65.5 Å². The summed E-state index contributed by atoms with van der Waals surface area (Å²) < 4.78 is 42.1. The molecular weight excluding hydrogens is 463 g/mol. The van der Waals surface area contributed by atoms with Crippen LogP contribution in [0.4, 0.5) is 18.9 Å². The first-order chi connectivity index (χ1) is 17.3. The van der Waals surface area contributed by atoms with Crippen molar-refractivity contribution in [1.82, 2.24) is 9.80 Å². The predicted molar refractivity (Wildman–Crippen MR) is 135 cm³/mol. The minimum atomic E-state index is -0.596. The van der Waals surface area contributed by atoms with E-state index in [1.165, 1.54) is 43.5 Å². The number of nitrogens with zero attached hydrogens (tertiary/aromatic N) is 3. The molecular formula is C29H36F3N3O. The first-order valence-electron chi connectivity index (χ1n) is 13.3. The summed E-state index contributed by atoms with van der Waals surface area (Å²) in [5.41, 5.74) is 1.39. The van der Waals surface area contributed by atoms with Crippen LogP contribution in [0.3, 0.4) is 0 Å². The SMILES string of the molecule is C[C@@H]1CN(C(=O)[C@@H]2CN(C3CCCCC3)C[C@H]2c2ccc(F)cc2F)C[C@H](C)N1c1ccc(F)cc1. The minimum absolute atomic E-state index is 0.0551. The Balaban J connectivity index is 1.37. The minimum Gasteiger partial charge on any atom is -0.363 e. The van der Waals surface area contributed by atoms with Crippen LogP contribution in [0, 0.1) is 23.4 Å². The average Bonchev–Trinajstić information content (AvgIpc) is 3.30. The highest BCUT2D eigenvalue weighted by atomic mass is 19.1. The normalized spacial score (nSPS) is 28.0. The van der Waals surface area contributed by atoms with Gasteiger partial charge in [-0.1, -0.05) is 25.3 Å². The molecule has 2 aromatic rings. The lowest BCUT2D eigenvalue weighted by atomic mass is 9.87. The molecule has 3 fully saturated rings. The largest absolute Gasteiger partial charge is 0.363 e. The topological polar surface area (TPSA) is 26.8 Å². The second kappa shape index (κ2) is 10.4. The third-order valence-corrected chi connectivity index (χ3v) is 8.47. The monoisotopic (exact) mass is 499 g/mol. The van der Waals surface area contributed by atoms with Crippen molar-refractivity contribution < 1.29 is 18.0 Å². The molecule has 2 aliphatic heterocycles. The fourth-order valence-electron chi connectivity index (χ4n) is 6.81. The van der Waals surface area contributed by atoms with Gasteiger partial charge in [-0.3, -0.25) is 9.69 Å². The van der Waals surface area contributed by atoms with Crippen molar-refractivity contribution in [2.75, 3.05) is 31.1 Å². The third-order valence-electron chi connectivity index (χ3n) is 8.47. The summed E-state index contributed by atoms with van der Waals surface area (Å²) in [4.78, 5) is 20.6. The zero-order chi connectivity index (χ0) is 25.4. The number of benzene rings is 2. The highest BCUT2D eigenvalue weighted by Crippen LogP contribution is 2.39. The number of amides is 1. The number of carbonyl (C=O) groups is 1. The number of likely N-dealkylation sites (tertiary alicyclic amines) is 1. The van der Waals surface area contributed by atoms with Gasteiger partial charge in [-0.05, 0) is 62.6 Å². The van der Waals surface area contributed by atoms with Gasteiger partial charge in [0.15, 0.2) is 0 Å². The molecule has 3 aliphatic rings. The Bertz CT molecular complexity index is 1060. The van der Waals surface area contributed by atoms with Crippen molar-refractivity contribution >= 4 is 11.6 Å². The van der Waals surface area contributed by atoms with Gasteiger partial charge >= 0.3 is 0 Å². The van der Waals surface area contributed by atoms with Crippen LogP contribution in [0.15, 0.2) is 42.5 Å². The lowest BCUT2D eigenvalue weighted by molar-refractivity contribution is -0.137. The van der Waals surface area contributed by atoms with E-state index in [4.69, 9.17) is 0 Å². The zero-order valence-electron chi connectivity index (χ0n) is 21.2. The Labute approximate surface area is 212 Å². The maximum absolute atomic E-state index is 14.9. The van der Waals surface area contributed by atoms with E-state index < -0.39 is 11.6 Å². The Morgan fingerprint density at radius 3 is 2.08 bits per heavy atom. The molecule has 0 spiro atoms. The molecule has 0 bridgehead atoms. The van der Waals surface area contributed by atoms with Crippen LogP contribution < -0.4 is 4.90 Å². The van der Waals surface area contributed by atoms with E-state index in [0.717, 1.165) is 24.6 Å². The molecule has 2 heterocycles. The Hall–Kier alpha value is -2.54. The number of hydrogen-bond acceptors (Lipinski definition) is 3. The summed E-state index contributed by atoms with van der Waals surface area (Å²) in [5.74, 6) is -2.02. The van der Waals surface area contributed by atoms with Crippen molar-refractivity contribution in [1.29, 1.82) is 0 Å². The molecule has 194 valence electrons. The van der Waals surface area contributed by atoms with E-state index in [9.17, 15) is 18.0 Å². The number of piperazine rings is 1. The van der Waals surface area contributed by atoms with Crippen LogP contribution in [0.25, 0.3) is 0 Å². The quantitative estimate of drug-likeness (QED) is 0.550. The molecule has 4 nitrogen and oxygen atoms in total. The number of hydrogen-bond donors (Lipinski definition) is 0. The van der Waals surface area contributed by atoms with Crippen molar-refractivity contribution in [2.24, 2.45) is 5.92 Å². The summed E-state index contributed by atoms with van der Waals surface area (Å²) in [7, 11) is 0. The molecule has 1 saturated carbocycles. The summed E-state index contributed by atoms with van der Waals surface area (Å²) >= 11 is 0. The molecule has 7 heteroatoms. The zero-order valence-corrected chi connectivity index (χ0v) is 21.2. The highest BCUT2D eigenvalue weighted by molar-refractivity contribution is 5.81. The van der Waals surface area contributed by atoms with Crippen LogP contribution in [0.2, 0.25) is 0 Å². The van der Waals surface area contributed by atoms with Crippen LogP contribution >= 0.6 is 0 Å². The molecule has 36 heavy (non-hydrogen) atoms. The molecule has 4 atom stereocenters. The van der Waals surface area contributed by atoms with Gasteiger partial charge in [-0.15, -0.1) is 0 Å². The highest BCUT2D eigenvalue weighted by Gasteiger charge is 2.45. The number of carbonyl (C=O) groups excluding carboxylic acids is 1. The second-order valence-electron chi connectivity index (χ2n) is 10.9. The smallest absolute Gasteiger partial charge is 0.227 e. The lowest BCUT2D eigenvalue weighted by Crippen LogP contribution is -2.59. The molecule has 5 rings (SSSR count). The van der Waals surface area contributed by atoms with Crippen LogP contribution in [0.5, 0.6) is 0 Å². The van der Waals surface area contributed by atoms with Crippen molar-refractivity contribution in [3.63, 3.8) is 0 Å². The van der Waals surface area contributed by atoms with Gasteiger partial charge in [0.1, 0.15) is 17.5 Å². The molecule has 2 saturated heterocycles. The maximum Gasteiger partial charge on any atom is 0.227 e. The van der Waals surface area contributed by atoms with Gasteiger partial charge < -0.3 is 9.80 Å². The summed E-state index contributed by atoms with van der Waals surface area (Å²) in [5, 5.41) is 0. The molecule has 2 aromatic carbocycles. The van der Waals surface area contributed by atoms with Crippen molar-refractivity contribution in [2.45, 2.75) is 70.0 Å². The van der Waals surface area contributed by atoms with Crippen molar-refractivity contribution in [3.8, 4) is 0 Å². The Kier molecular flexibility index (Phi) is 7.29. The van der Waals surface area contributed by atoms with E-state index >= 15 is 0 Å². The maximum atomic E-state index is 14.9. The van der Waals surface area contributed by atoms with E-state index in [1.54, 1.807) is 12.1 Å². The van der Waals surface area contributed by atoms with E-state index in [1.807, 2.05) is 4.90 Å². The number of anilines is 1. The average molecular weight is 500 g/mol. The van der Waals surface area contributed by atoms with E-state index in [2.05, 4.69) is 23.6 Å². The second-order valence-corrected chi connectivity index (χ2v) is 10.9. The van der Waals surface area contributed by atoms with Gasteiger partial charge in [-0.2, -0.15) is 0 Å². The van der Waals surface area contributed by atoms with Gasteiger partial charge in [0.2, 0.25) is 5.91 Å². The van der Waals surface area contributed by atoms with Crippen LogP contribution in [0.1, 0.15) is 57.4 Å². The van der Waals surface area contributed by atoms with Gasteiger partial charge in [0, 0.05) is 62.0 Å². The molecule has 0 unspecified atom stereocenters. The Morgan fingerprint density at radius 1 is 0.806 bits per heavy atom.